The summed E-state index contributed by atoms with van der Waals surface area (Å²) in [5, 5.41) is 2.15. The van der Waals surface area contributed by atoms with Crippen LogP contribution in [0.25, 0.3) is 66.6 Å². The van der Waals surface area contributed by atoms with E-state index in [-0.39, 0.29) is 0 Å². The molecule has 0 saturated carbocycles. The van der Waals surface area contributed by atoms with Crippen molar-refractivity contribution in [1.29, 1.82) is 0 Å². The smallest absolute Gasteiger partial charge is 0.162 e. The van der Waals surface area contributed by atoms with Crippen molar-refractivity contribution in [2.45, 2.75) is 0 Å². The number of aromatic nitrogens is 2. The van der Waals surface area contributed by atoms with Crippen molar-refractivity contribution in [3.8, 4) is 62.0 Å². The van der Waals surface area contributed by atoms with Gasteiger partial charge in [0.2, 0.25) is 0 Å². The molecule has 0 N–H and O–H groups in total. The van der Waals surface area contributed by atoms with Gasteiger partial charge in [0.25, 0.3) is 0 Å². The maximum absolute atomic E-state index is 6.86. The molecule has 8 rings (SSSR count). The predicted molar refractivity (Wildman–Crippen MR) is 192 cm³/mol. The summed E-state index contributed by atoms with van der Waals surface area (Å²) in [7, 11) is 1.68. The molecule has 0 amide bonds. The molecule has 0 unspecified atom stereocenters. The average Bonchev–Trinajstić information content (AvgIpc) is 3.15. The molecule has 2 heterocycles. The molecule has 47 heavy (non-hydrogen) atoms. The van der Waals surface area contributed by atoms with Gasteiger partial charge in [-0.2, -0.15) is 0 Å². The van der Waals surface area contributed by atoms with Crippen molar-refractivity contribution in [1.82, 2.24) is 9.97 Å². The maximum Gasteiger partial charge on any atom is 0.162 e. The quantitative estimate of drug-likeness (QED) is 0.181. The summed E-state index contributed by atoms with van der Waals surface area (Å²) in [5.41, 5.74) is 9.78. The van der Waals surface area contributed by atoms with Crippen LogP contribution >= 0.6 is 0 Å². The number of pyridine rings is 2. The van der Waals surface area contributed by atoms with Crippen LogP contribution in [0.4, 0.5) is 0 Å². The van der Waals surface area contributed by atoms with Crippen LogP contribution in [0, 0.1) is 0 Å². The zero-order chi connectivity index (χ0) is 31.6. The van der Waals surface area contributed by atoms with E-state index in [2.05, 4.69) is 91.0 Å². The molecule has 0 radical (unpaired) electrons. The van der Waals surface area contributed by atoms with Crippen LogP contribution in [0.5, 0.6) is 17.2 Å². The monoisotopic (exact) mass is 606 g/mol. The Morgan fingerprint density at radius 3 is 1.79 bits per heavy atom. The van der Waals surface area contributed by atoms with Gasteiger partial charge >= 0.3 is 0 Å². The molecule has 6 aromatic carbocycles. The predicted octanol–water partition coefficient (Wildman–Crippen LogP) is 11.3. The van der Waals surface area contributed by atoms with Gasteiger partial charge in [0, 0.05) is 27.5 Å². The Balaban J connectivity index is 1.26. The zero-order valence-corrected chi connectivity index (χ0v) is 25.8. The number of fused-ring (bicyclic) bond motifs is 2. The number of ether oxygens (including phenoxy) is 2. The van der Waals surface area contributed by atoms with E-state index in [9.17, 15) is 0 Å². The molecule has 0 aliphatic heterocycles. The summed E-state index contributed by atoms with van der Waals surface area (Å²) in [4.78, 5) is 10.2. The van der Waals surface area contributed by atoms with Gasteiger partial charge in [-0.15, -0.1) is 0 Å². The molecule has 0 saturated heterocycles. The van der Waals surface area contributed by atoms with E-state index in [4.69, 9.17) is 19.4 Å². The van der Waals surface area contributed by atoms with Gasteiger partial charge in [-0.3, -0.25) is 0 Å². The van der Waals surface area contributed by atoms with Crippen LogP contribution in [0.15, 0.2) is 164 Å². The third-order valence-corrected chi connectivity index (χ3v) is 8.42. The van der Waals surface area contributed by atoms with Crippen LogP contribution in [-0.4, -0.2) is 17.1 Å². The van der Waals surface area contributed by atoms with Gasteiger partial charge < -0.3 is 9.47 Å². The van der Waals surface area contributed by atoms with Crippen molar-refractivity contribution in [2.24, 2.45) is 0 Å². The maximum atomic E-state index is 6.86. The van der Waals surface area contributed by atoms with Crippen molar-refractivity contribution < 1.29 is 9.47 Å². The molecule has 8 aromatic rings. The Morgan fingerprint density at radius 2 is 1.06 bits per heavy atom. The van der Waals surface area contributed by atoms with Gasteiger partial charge in [-0.25, -0.2) is 9.97 Å². The van der Waals surface area contributed by atoms with Crippen LogP contribution in [0.2, 0.25) is 0 Å². The summed E-state index contributed by atoms with van der Waals surface area (Å²) in [6.45, 7) is 0. The second kappa shape index (κ2) is 12.3. The number of rotatable bonds is 7. The lowest BCUT2D eigenvalue weighted by Gasteiger charge is -2.19. The van der Waals surface area contributed by atoms with E-state index in [1.165, 1.54) is 0 Å². The molecule has 2 aromatic heterocycles. The Kier molecular flexibility index (Phi) is 7.37. The lowest BCUT2D eigenvalue weighted by atomic mass is 9.96. The highest BCUT2D eigenvalue weighted by atomic mass is 16.5. The van der Waals surface area contributed by atoms with Crippen LogP contribution in [-0.2, 0) is 0 Å². The van der Waals surface area contributed by atoms with Crippen molar-refractivity contribution >= 4 is 21.8 Å². The van der Waals surface area contributed by atoms with Crippen LogP contribution in [0.3, 0.4) is 0 Å². The van der Waals surface area contributed by atoms with E-state index in [1.807, 2.05) is 72.8 Å². The first-order valence-electron chi connectivity index (χ1n) is 15.6. The highest BCUT2D eigenvalue weighted by Crippen LogP contribution is 2.45. The summed E-state index contributed by atoms with van der Waals surface area (Å²) in [6, 6.07) is 55.6. The fourth-order valence-electron chi connectivity index (χ4n) is 6.14. The number of nitrogens with zero attached hydrogens (tertiary/aromatic N) is 2. The molecule has 0 bridgehead atoms. The van der Waals surface area contributed by atoms with Crippen molar-refractivity contribution in [3.05, 3.63) is 164 Å². The third-order valence-electron chi connectivity index (χ3n) is 8.42. The zero-order valence-electron chi connectivity index (χ0n) is 25.8. The third kappa shape index (κ3) is 5.47. The first-order chi connectivity index (χ1) is 23.2. The molecule has 0 aliphatic rings. The number of hydrogen-bond acceptors (Lipinski definition) is 4. The van der Waals surface area contributed by atoms with Crippen molar-refractivity contribution in [3.63, 3.8) is 0 Å². The molecule has 224 valence electrons. The standard InChI is InChI=1S/C43H30N2O2/c1-46-34-18-12-17-32(27-34)42-43(41(31-15-6-3-7-16-31)36-20-9-11-22-39(36)45-42)47-33-25-23-30(24-26-33)40-28-37(29-13-4-2-5-14-29)35-19-8-10-21-38(35)44-40/h2-28H,1H3. The fourth-order valence-corrected chi connectivity index (χ4v) is 6.14. The Morgan fingerprint density at radius 1 is 0.447 bits per heavy atom. The molecule has 4 heteroatoms. The molecular weight excluding hydrogens is 576 g/mol. The SMILES string of the molecule is COc1cccc(-c2nc3ccccc3c(-c3ccccc3)c2Oc2ccc(-c3cc(-c4ccccc4)c4ccccc4n3)cc2)c1. The minimum Gasteiger partial charge on any atom is -0.497 e. The van der Waals surface area contributed by atoms with Gasteiger partial charge in [-0.05, 0) is 71.3 Å². The highest BCUT2D eigenvalue weighted by molar-refractivity contribution is 6.01. The normalized spacial score (nSPS) is 11.1. The highest BCUT2D eigenvalue weighted by Gasteiger charge is 2.21. The second-order valence-corrected chi connectivity index (χ2v) is 11.3. The molecule has 0 aliphatic carbocycles. The lowest BCUT2D eigenvalue weighted by Crippen LogP contribution is -1.98. The Labute approximate surface area is 273 Å². The van der Waals surface area contributed by atoms with Gasteiger partial charge in [0.15, 0.2) is 5.75 Å². The van der Waals surface area contributed by atoms with E-state index in [0.717, 1.165) is 72.3 Å². The first kappa shape index (κ1) is 28.2. The van der Waals surface area contributed by atoms with Crippen LogP contribution < -0.4 is 9.47 Å². The fraction of sp³-hybridized carbons (Fsp3) is 0.0233. The number of methoxy groups -OCH3 is 1. The Bertz CT molecular complexity index is 2350. The molecule has 4 nitrogen and oxygen atoms in total. The molecular formula is C43H30N2O2. The molecule has 0 fully saturated rings. The second-order valence-electron chi connectivity index (χ2n) is 11.3. The van der Waals surface area contributed by atoms with E-state index in [0.29, 0.717) is 11.5 Å². The van der Waals surface area contributed by atoms with Crippen molar-refractivity contribution in [2.75, 3.05) is 7.11 Å². The van der Waals surface area contributed by atoms with Crippen LogP contribution in [0.1, 0.15) is 0 Å². The minimum absolute atomic E-state index is 0.686. The molecule has 0 spiro atoms. The van der Waals surface area contributed by atoms with E-state index >= 15 is 0 Å². The lowest BCUT2D eigenvalue weighted by molar-refractivity contribution is 0.415. The number of para-hydroxylation sites is 2. The minimum atomic E-state index is 0.686. The number of benzene rings is 6. The average molecular weight is 607 g/mol. The topological polar surface area (TPSA) is 44.2 Å². The van der Waals surface area contributed by atoms with E-state index in [1.54, 1.807) is 7.11 Å². The number of hydrogen-bond donors (Lipinski definition) is 0. The van der Waals surface area contributed by atoms with Gasteiger partial charge in [0.1, 0.15) is 17.2 Å². The largest absolute Gasteiger partial charge is 0.497 e. The first-order valence-corrected chi connectivity index (χ1v) is 15.6. The summed E-state index contributed by atoms with van der Waals surface area (Å²) in [5.74, 6) is 2.15. The summed E-state index contributed by atoms with van der Waals surface area (Å²) >= 11 is 0. The summed E-state index contributed by atoms with van der Waals surface area (Å²) < 4.78 is 12.4. The molecule has 0 atom stereocenters. The summed E-state index contributed by atoms with van der Waals surface area (Å²) in [6.07, 6.45) is 0. The van der Waals surface area contributed by atoms with E-state index < -0.39 is 0 Å². The van der Waals surface area contributed by atoms with Gasteiger partial charge in [-0.1, -0.05) is 109 Å². The Hall–Kier alpha value is -6.26. The van der Waals surface area contributed by atoms with Gasteiger partial charge in [0.05, 0.1) is 23.8 Å².